The Morgan fingerprint density at radius 3 is 2.77 bits per heavy atom. The molecule has 7 heteroatoms. The first-order chi connectivity index (χ1) is 10.5. The normalized spacial score (nSPS) is 24.5. The number of imide groups is 1. The van der Waals surface area contributed by atoms with Gasteiger partial charge in [0.1, 0.15) is 12.1 Å². The van der Waals surface area contributed by atoms with Gasteiger partial charge in [0.15, 0.2) is 0 Å². The van der Waals surface area contributed by atoms with Crippen LogP contribution < -0.4 is 4.90 Å². The van der Waals surface area contributed by atoms with Crippen LogP contribution in [0.5, 0.6) is 0 Å². The van der Waals surface area contributed by atoms with Crippen LogP contribution in [0.2, 0.25) is 5.02 Å². The lowest BCUT2D eigenvalue weighted by molar-refractivity contribution is -0.124. The molecule has 2 aliphatic heterocycles. The van der Waals surface area contributed by atoms with Crippen LogP contribution >= 0.6 is 11.6 Å². The Balaban J connectivity index is 2.06. The van der Waals surface area contributed by atoms with Crippen molar-refractivity contribution in [1.29, 1.82) is 5.26 Å². The molecule has 22 heavy (non-hydrogen) atoms. The van der Waals surface area contributed by atoms with Crippen molar-refractivity contribution >= 4 is 29.2 Å². The Morgan fingerprint density at radius 2 is 2.14 bits per heavy atom. The molecule has 0 aromatic heterocycles. The molecule has 0 saturated carbocycles. The van der Waals surface area contributed by atoms with Gasteiger partial charge in [-0.05, 0) is 37.5 Å². The van der Waals surface area contributed by atoms with Crippen molar-refractivity contribution in [3.05, 3.63) is 28.3 Å². The second-order valence-corrected chi connectivity index (χ2v) is 5.87. The molecule has 0 aliphatic carbocycles. The van der Waals surface area contributed by atoms with E-state index in [0.717, 1.165) is 4.90 Å². The number of fused-ring (bicyclic) bond motifs is 1. The van der Waals surface area contributed by atoms with E-state index in [0.29, 0.717) is 36.2 Å². The number of nitrogens with zero attached hydrogens (tertiary/aromatic N) is 3. The summed E-state index contributed by atoms with van der Waals surface area (Å²) in [5, 5.41) is 19.2. The minimum atomic E-state index is -0.843. The maximum absolute atomic E-state index is 12.6. The monoisotopic (exact) mass is 319 g/mol. The summed E-state index contributed by atoms with van der Waals surface area (Å²) in [7, 11) is 0. The molecule has 3 rings (SSSR count). The number of nitriles is 1. The van der Waals surface area contributed by atoms with Gasteiger partial charge >= 0.3 is 6.03 Å². The number of halogens is 1. The van der Waals surface area contributed by atoms with Crippen molar-refractivity contribution in [2.24, 2.45) is 0 Å². The van der Waals surface area contributed by atoms with Gasteiger partial charge in [-0.15, -0.1) is 0 Å². The van der Waals surface area contributed by atoms with E-state index in [1.165, 1.54) is 11.0 Å². The molecule has 2 saturated heterocycles. The Hall–Kier alpha value is -2.10. The quantitative estimate of drug-likeness (QED) is 0.800. The number of amides is 3. The second kappa shape index (κ2) is 5.27. The highest BCUT2D eigenvalue weighted by atomic mass is 35.5. The van der Waals surface area contributed by atoms with E-state index < -0.39 is 24.1 Å². The molecular weight excluding hydrogens is 306 g/mol. The number of aliphatic hydroxyl groups is 1. The first-order valence-electron chi connectivity index (χ1n) is 6.99. The topological polar surface area (TPSA) is 84.6 Å². The summed E-state index contributed by atoms with van der Waals surface area (Å²) in [4.78, 5) is 27.6. The smallest absolute Gasteiger partial charge is 0.332 e. The van der Waals surface area contributed by atoms with Crippen molar-refractivity contribution in [1.82, 2.24) is 4.90 Å². The molecule has 0 bridgehead atoms. The molecule has 0 unspecified atom stereocenters. The zero-order valence-electron chi connectivity index (χ0n) is 11.9. The van der Waals surface area contributed by atoms with Gasteiger partial charge in [0.2, 0.25) is 0 Å². The number of benzene rings is 1. The van der Waals surface area contributed by atoms with E-state index in [2.05, 4.69) is 0 Å². The predicted octanol–water partition coefficient (Wildman–Crippen LogP) is 1.81. The van der Waals surface area contributed by atoms with E-state index in [-0.39, 0.29) is 5.02 Å². The van der Waals surface area contributed by atoms with Crippen LogP contribution in [0.3, 0.4) is 0 Å². The third kappa shape index (κ3) is 1.97. The molecule has 2 aliphatic rings. The van der Waals surface area contributed by atoms with Gasteiger partial charge in [-0.25, -0.2) is 9.69 Å². The zero-order chi connectivity index (χ0) is 16.0. The van der Waals surface area contributed by atoms with E-state index in [4.69, 9.17) is 16.9 Å². The number of carbonyl (C=O) groups excluding carboxylic acids is 2. The number of urea groups is 1. The Bertz CT molecular complexity index is 713. The van der Waals surface area contributed by atoms with Crippen molar-refractivity contribution in [2.45, 2.75) is 31.9 Å². The predicted molar refractivity (Wildman–Crippen MR) is 79.5 cm³/mol. The standard InChI is InChI=1S/C15H14ClN3O3/c1-8-10(5-4-9(7-17)12(8)16)19-14(21)13-11(20)3-2-6-18(13)15(19)22/h4-5,11,13,20H,2-3,6H2,1H3/t11-,13+/m1/s1. The van der Waals surface area contributed by atoms with Crippen molar-refractivity contribution in [2.75, 3.05) is 11.4 Å². The van der Waals surface area contributed by atoms with Crippen molar-refractivity contribution < 1.29 is 14.7 Å². The molecule has 0 spiro atoms. The SMILES string of the molecule is Cc1c(N2C(=O)[C@@H]3[C@H](O)CCCN3C2=O)ccc(C#N)c1Cl. The Morgan fingerprint density at radius 1 is 1.41 bits per heavy atom. The van der Waals surface area contributed by atoms with E-state index >= 15 is 0 Å². The fraction of sp³-hybridized carbons (Fsp3) is 0.400. The summed E-state index contributed by atoms with van der Waals surface area (Å²) in [6.45, 7) is 2.11. The third-order valence-corrected chi connectivity index (χ3v) is 4.72. The van der Waals surface area contributed by atoms with Crippen LogP contribution in [-0.2, 0) is 4.79 Å². The van der Waals surface area contributed by atoms with Crippen LogP contribution in [0.15, 0.2) is 12.1 Å². The number of carbonyl (C=O) groups is 2. The second-order valence-electron chi connectivity index (χ2n) is 5.49. The Labute approximate surface area is 132 Å². The number of piperidine rings is 1. The number of aliphatic hydroxyl groups excluding tert-OH is 1. The van der Waals surface area contributed by atoms with Crippen LogP contribution in [0.4, 0.5) is 10.5 Å². The van der Waals surface area contributed by atoms with Gasteiger partial charge in [0.05, 0.1) is 22.4 Å². The molecule has 0 radical (unpaired) electrons. The molecule has 1 N–H and O–H groups in total. The number of anilines is 1. The molecular formula is C15H14ClN3O3. The van der Waals surface area contributed by atoms with Gasteiger partial charge < -0.3 is 10.0 Å². The molecule has 6 nitrogen and oxygen atoms in total. The summed E-state index contributed by atoms with van der Waals surface area (Å²) in [5.74, 6) is -0.443. The van der Waals surface area contributed by atoms with Gasteiger partial charge in [0.25, 0.3) is 5.91 Å². The minimum Gasteiger partial charge on any atom is -0.390 e. The molecule has 2 fully saturated rings. The molecule has 114 valence electrons. The lowest BCUT2D eigenvalue weighted by Crippen LogP contribution is -2.48. The highest BCUT2D eigenvalue weighted by Crippen LogP contribution is 2.35. The third-order valence-electron chi connectivity index (χ3n) is 4.23. The minimum absolute atomic E-state index is 0.228. The molecule has 1 aromatic rings. The van der Waals surface area contributed by atoms with Gasteiger partial charge in [-0.1, -0.05) is 11.6 Å². The molecule has 1 aromatic carbocycles. The maximum atomic E-state index is 12.6. The first-order valence-corrected chi connectivity index (χ1v) is 7.37. The molecule has 2 heterocycles. The van der Waals surface area contributed by atoms with Crippen LogP contribution in [0, 0.1) is 18.3 Å². The average Bonchev–Trinajstić information content (AvgIpc) is 2.75. The fourth-order valence-electron chi connectivity index (χ4n) is 3.07. The summed E-state index contributed by atoms with van der Waals surface area (Å²) >= 11 is 6.12. The zero-order valence-corrected chi connectivity index (χ0v) is 12.7. The lowest BCUT2D eigenvalue weighted by Gasteiger charge is -2.30. The molecule has 3 amide bonds. The Kier molecular flexibility index (Phi) is 3.55. The van der Waals surface area contributed by atoms with E-state index in [1.807, 2.05) is 6.07 Å². The van der Waals surface area contributed by atoms with Crippen molar-refractivity contribution in [3.8, 4) is 6.07 Å². The summed E-state index contributed by atoms with van der Waals surface area (Å²) < 4.78 is 0. The summed E-state index contributed by atoms with van der Waals surface area (Å²) in [6, 6.07) is 3.72. The maximum Gasteiger partial charge on any atom is 0.332 e. The highest BCUT2D eigenvalue weighted by molar-refractivity contribution is 6.33. The lowest BCUT2D eigenvalue weighted by atomic mass is 10.00. The fourth-order valence-corrected chi connectivity index (χ4v) is 3.27. The largest absolute Gasteiger partial charge is 0.390 e. The van der Waals surface area contributed by atoms with Crippen LogP contribution in [-0.4, -0.2) is 40.6 Å². The summed E-state index contributed by atoms with van der Waals surface area (Å²) in [6.07, 6.45) is 0.322. The number of hydrogen-bond donors (Lipinski definition) is 1. The molecule has 2 atom stereocenters. The van der Waals surface area contributed by atoms with E-state index in [9.17, 15) is 14.7 Å². The number of rotatable bonds is 1. The van der Waals surface area contributed by atoms with Gasteiger partial charge in [0, 0.05) is 6.54 Å². The van der Waals surface area contributed by atoms with Crippen LogP contribution in [0.1, 0.15) is 24.0 Å². The first kappa shape index (κ1) is 14.8. The van der Waals surface area contributed by atoms with Crippen LogP contribution in [0.25, 0.3) is 0 Å². The summed E-state index contributed by atoms with van der Waals surface area (Å²) in [5.41, 5.74) is 1.15. The van der Waals surface area contributed by atoms with E-state index in [1.54, 1.807) is 13.0 Å². The highest BCUT2D eigenvalue weighted by Gasteiger charge is 2.50. The average molecular weight is 320 g/mol. The van der Waals surface area contributed by atoms with Gasteiger partial charge in [-0.3, -0.25) is 4.79 Å². The number of hydrogen-bond acceptors (Lipinski definition) is 4. The van der Waals surface area contributed by atoms with Crippen molar-refractivity contribution in [3.63, 3.8) is 0 Å². The van der Waals surface area contributed by atoms with Gasteiger partial charge in [-0.2, -0.15) is 5.26 Å².